The summed E-state index contributed by atoms with van der Waals surface area (Å²) in [5.41, 5.74) is 8.07. The summed E-state index contributed by atoms with van der Waals surface area (Å²) in [6.45, 7) is 5.45. The average molecular weight is 525 g/mol. The van der Waals surface area contributed by atoms with Crippen molar-refractivity contribution in [3.63, 3.8) is 0 Å². The molecule has 2 aliphatic rings. The van der Waals surface area contributed by atoms with Crippen molar-refractivity contribution in [2.45, 2.75) is 39.5 Å². The molecule has 0 atom stereocenters. The number of unbranched alkanes of at least 4 members (excludes halogenated alkanes) is 2. The first-order valence-corrected chi connectivity index (χ1v) is 13.9. The first-order chi connectivity index (χ1) is 19.5. The van der Waals surface area contributed by atoms with E-state index in [2.05, 4.69) is 25.7 Å². The predicted molar refractivity (Wildman–Crippen MR) is 163 cm³/mol. The molecular weight excluding hydrogens is 492 g/mol. The molecule has 0 aromatic heterocycles. The summed E-state index contributed by atoms with van der Waals surface area (Å²) in [7, 11) is 0. The number of benzene rings is 3. The minimum atomic E-state index is -0.0621. The number of carbonyl (C=O) groups is 2. The largest absolute Gasteiger partial charge is 0.308 e. The molecule has 0 N–H and O–H groups in total. The van der Waals surface area contributed by atoms with Crippen molar-refractivity contribution < 1.29 is 9.59 Å². The van der Waals surface area contributed by atoms with Gasteiger partial charge in [-0.05, 0) is 72.5 Å². The molecule has 0 saturated carbocycles. The standard InChI is InChI=1S/C36H32N2O2/c1-5-9-19-37-33(21-27-15-11-25(7-3)12-16-27)29-23-30-32(24-31(29)35(37)39)36(40)38(20-10-6-2)34(30)22-28-17-13-26(8-4)14-18-28/h3-4,11-18,21-24H,5-6,9-10,19-20H2,1-2H3/b33-21+,34-22+. The quantitative estimate of drug-likeness (QED) is 0.294. The molecule has 0 fully saturated rings. The maximum absolute atomic E-state index is 13.7. The number of nitrogens with zero attached hydrogens (tertiary/aromatic N) is 2. The number of hydrogen-bond acceptors (Lipinski definition) is 2. The summed E-state index contributed by atoms with van der Waals surface area (Å²) in [6.07, 6.45) is 18.9. The van der Waals surface area contributed by atoms with Gasteiger partial charge in [-0.25, -0.2) is 0 Å². The zero-order valence-electron chi connectivity index (χ0n) is 23.0. The fraction of sp³-hybridized carbons (Fsp3) is 0.222. The van der Waals surface area contributed by atoms with E-state index in [0.717, 1.165) is 70.5 Å². The summed E-state index contributed by atoms with van der Waals surface area (Å²) in [5, 5.41) is 0. The van der Waals surface area contributed by atoms with E-state index in [0.29, 0.717) is 24.2 Å². The first kappa shape index (κ1) is 26.8. The van der Waals surface area contributed by atoms with Crippen molar-refractivity contribution in [3.8, 4) is 24.7 Å². The van der Waals surface area contributed by atoms with E-state index in [1.165, 1.54) is 0 Å². The Bertz CT molecular complexity index is 1490. The molecule has 4 nitrogen and oxygen atoms in total. The number of amides is 2. The number of hydrogen-bond donors (Lipinski definition) is 0. The Balaban J connectivity index is 1.66. The Kier molecular flexibility index (Phi) is 7.72. The third-order valence-electron chi connectivity index (χ3n) is 7.47. The third kappa shape index (κ3) is 4.97. The van der Waals surface area contributed by atoms with E-state index in [1.54, 1.807) is 6.07 Å². The normalized spacial score (nSPS) is 15.9. The molecule has 0 spiro atoms. The molecule has 0 bridgehead atoms. The predicted octanol–water partition coefficient (Wildman–Crippen LogP) is 7.16. The van der Waals surface area contributed by atoms with Crippen LogP contribution in [0.3, 0.4) is 0 Å². The maximum Gasteiger partial charge on any atom is 0.259 e. The van der Waals surface area contributed by atoms with Gasteiger partial charge in [0, 0.05) is 35.3 Å². The van der Waals surface area contributed by atoms with Crippen LogP contribution in [-0.2, 0) is 0 Å². The van der Waals surface area contributed by atoms with Gasteiger partial charge in [-0.3, -0.25) is 9.59 Å². The third-order valence-corrected chi connectivity index (χ3v) is 7.47. The molecule has 5 rings (SSSR count). The lowest BCUT2D eigenvalue weighted by molar-refractivity contribution is 0.0848. The number of rotatable bonds is 8. The lowest BCUT2D eigenvalue weighted by atomic mass is 9.97. The fourth-order valence-corrected chi connectivity index (χ4v) is 5.23. The van der Waals surface area contributed by atoms with Crippen LogP contribution in [0, 0.1) is 24.7 Å². The first-order valence-electron chi connectivity index (χ1n) is 13.9. The molecule has 198 valence electrons. The smallest absolute Gasteiger partial charge is 0.259 e. The second-order valence-electron chi connectivity index (χ2n) is 10.2. The van der Waals surface area contributed by atoms with Crippen LogP contribution in [0.1, 0.15) is 93.6 Å². The van der Waals surface area contributed by atoms with Gasteiger partial charge in [-0.2, -0.15) is 0 Å². The van der Waals surface area contributed by atoms with Gasteiger partial charge in [0.25, 0.3) is 11.8 Å². The van der Waals surface area contributed by atoms with Gasteiger partial charge in [0.05, 0.1) is 22.5 Å². The van der Waals surface area contributed by atoms with Gasteiger partial charge < -0.3 is 9.80 Å². The van der Waals surface area contributed by atoms with Gasteiger partial charge in [0.15, 0.2) is 0 Å². The van der Waals surface area contributed by atoms with Crippen molar-refractivity contribution in [2.24, 2.45) is 0 Å². The molecule has 2 amide bonds. The number of carbonyl (C=O) groups excluding carboxylic acids is 2. The summed E-state index contributed by atoms with van der Waals surface area (Å²) in [6, 6.07) is 19.3. The molecule has 0 unspecified atom stereocenters. The van der Waals surface area contributed by atoms with E-state index < -0.39 is 0 Å². The summed E-state index contributed by atoms with van der Waals surface area (Å²) >= 11 is 0. The van der Waals surface area contributed by atoms with Crippen LogP contribution in [0.5, 0.6) is 0 Å². The Hall–Kier alpha value is -4.80. The van der Waals surface area contributed by atoms with E-state index in [9.17, 15) is 9.59 Å². The summed E-state index contributed by atoms with van der Waals surface area (Å²) < 4.78 is 0. The molecule has 0 saturated heterocycles. The molecule has 0 aliphatic carbocycles. The minimum absolute atomic E-state index is 0.0621. The lowest BCUT2D eigenvalue weighted by Crippen LogP contribution is -2.25. The average Bonchev–Trinajstić information content (AvgIpc) is 3.39. The van der Waals surface area contributed by atoms with Gasteiger partial charge in [-0.15, -0.1) is 12.8 Å². The van der Waals surface area contributed by atoms with Crippen LogP contribution in [0.4, 0.5) is 0 Å². The molecule has 2 aliphatic heterocycles. The van der Waals surface area contributed by atoms with Crippen molar-refractivity contribution in [1.29, 1.82) is 0 Å². The SMILES string of the molecule is C#Cc1ccc(/C=C2\c3cc4c(cc3C(=O)N2CCCC)C(=O)N(CCCC)/C4=C/c2ccc(C#C)cc2)cc1. The highest BCUT2D eigenvalue weighted by atomic mass is 16.2. The minimum Gasteiger partial charge on any atom is -0.308 e. The van der Waals surface area contributed by atoms with Gasteiger partial charge in [0.2, 0.25) is 0 Å². The van der Waals surface area contributed by atoms with Crippen molar-refractivity contribution in [3.05, 3.63) is 105 Å². The van der Waals surface area contributed by atoms with E-state index in [-0.39, 0.29) is 11.8 Å². The maximum atomic E-state index is 13.7. The van der Waals surface area contributed by atoms with Crippen LogP contribution in [0.2, 0.25) is 0 Å². The monoisotopic (exact) mass is 524 g/mol. The van der Waals surface area contributed by atoms with Gasteiger partial charge in [-0.1, -0.05) is 62.8 Å². The fourth-order valence-electron chi connectivity index (χ4n) is 5.23. The van der Waals surface area contributed by atoms with E-state index in [1.807, 2.05) is 76.5 Å². The highest BCUT2D eigenvalue weighted by Crippen LogP contribution is 2.42. The second-order valence-corrected chi connectivity index (χ2v) is 10.2. The molecule has 40 heavy (non-hydrogen) atoms. The zero-order chi connectivity index (χ0) is 28.2. The number of terminal acetylenes is 2. The topological polar surface area (TPSA) is 40.6 Å². The van der Waals surface area contributed by atoms with Crippen molar-refractivity contribution in [1.82, 2.24) is 9.80 Å². The van der Waals surface area contributed by atoms with Crippen molar-refractivity contribution in [2.75, 3.05) is 13.1 Å². The van der Waals surface area contributed by atoms with Crippen LogP contribution in [0.25, 0.3) is 23.5 Å². The number of fused-ring (bicyclic) bond motifs is 2. The second kappa shape index (κ2) is 11.5. The highest BCUT2D eigenvalue weighted by molar-refractivity contribution is 6.17. The molecule has 2 heterocycles. The van der Waals surface area contributed by atoms with Gasteiger partial charge in [0.1, 0.15) is 0 Å². The Labute approximate surface area is 237 Å². The Morgan fingerprint density at radius 2 is 1.00 bits per heavy atom. The van der Waals surface area contributed by atoms with Crippen LogP contribution in [-0.4, -0.2) is 34.7 Å². The van der Waals surface area contributed by atoms with Crippen LogP contribution in [0.15, 0.2) is 60.7 Å². The molecule has 4 heteroatoms. The Morgan fingerprint density at radius 3 is 1.35 bits per heavy atom. The molecule has 0 radical (unpaired) electrons. The molecule has 3 aromatic carbocycles. The van der Waals surface area contributed by atoms with E-state index in [4.69, 9.17) is 12.8 Å². The lowest BCUT2D eigenvalue weighted by Gasteiger charge is -2.19. The Morgan fingerprint density at radius 1 is 0.625 bits per heavy atom. The van der Waals surface area contributed by atoms with Crippen LogP contribution >= 0.6 is 0 Å². The zero-order valence-corrected chi connectivity index (χ0v) is 23.0. The van der Waals surface area contributed by atoms with E-state index >= 15 is 0 Å². The van der Waals surface area contributed by atoms with Crippen LogP contribution < -0.4 is 0 Å². The highest BCUT2D eigenvalue weighted by Gasteiger charge is 2.38. The molecular formula is C36H32N2O2. The van der Waals surface area contributed by atoms with Gasteiger partial charge >= 0.3 is 0 Å². The summed E-state index contributed by atoms with van der Waals surface area (Å²) in [5.74, 6) is 5.18. The summed E-state index contributed by atoms with van der Waals surface area (Å²) in [4.78, 5) is 31.1. The van der Waals surface area contributed by atoms with Crippen molar-refractivity contribution >= 4 is 35.4 Å². The molecule has 3 aromatic rings.